The molecule has 2 aromatic carbocycles. The minimum absolute atomic E-state index is 0. The van der Waals surface area contributed by atoms with Crippen molar-refractivity contribution in [2.45, 2.75) is 55.4 Å². The van der Waals surface area contributed by atoms with Crippen LogP contribution < -0.4 is 0 Å². The Balaban J connectivity index is 0. The predicted molar refractivity (Wildman–Crippen MR) is 92.2 cm³/mol. The van der Waals surface area contributed by atoms with Gasteiger partial charge in [0.05, 0.1) is 0 Å². The van der Waals surface area contributed by atoms with Crippen LogP contribution in [0.5, 0.6) is 0 Å². The zero-order chi connectivity index (χ0) is 18.5. The molecule has 0 aliphatic carbocycles. The molecule has 0 fully saturated rings. The number of hydrogen-bond acceptors (Lipinski definition) is 0. The third-order valence-corrected chi connectivity index (χ3v) is 4.36. The van der Waals surface area contributed by atoms with Crippen molar-refractivity contribution in [3.05, 3.63) is 56.6 Å². The number of halogens is 4. The summed E-state index contributed by atoms with van der Waals surface area (Å²) in [6.45, 7) is 17.4. The smallest absolute Gasteiger partial charge is 0.418 e. The molecule has 2 aromatic rings. The summed E-state index contributed by atoms with van der Waals surface area (Å²) in [5.74, 6) is 0. The van der Waals surface area contributed by atoms with Crippen LogP contribution in [-0.4, -0.2) is 7.25 Å². The van der Waals surface area contributed by atoms with Crippen LogP contribution in [0.4, 0.5) is 17.3 Å². The third kappa shape index (κ3) is 8.74. The summed E-state index contributed by atoms with van der Waals surface area (Å²) in [5, 5.41) is 0. The van der Waals surface area contributed by atoms with E-state index in [-0.39, 0.29) is 17.1 Å². The Morgan fingerprint density at radius 3 is 0.917 bits per heavy atom. The second-order valence-electron chi connectivity index (χ2n) is 6.02. The molecule has 0 bridgehead atoms. The molecule has 137 valence electrons. The van der Waals surface area contributed by atoms with E-state index in [0.29, 0.717) is 0 Å². The quantitative estimate of drug-likeness (QED) is 0.273. The zero-order valence-corrected chi connectivity index (χ0v) is 16.7. The fraction of sp³-hybridized carbons (Fsp3) is 0.444. The largest absolute Gasteiger partial charge is 3.00 e. The molecule has 1 radical (unpaired) electrons. The summed E-state index contributed by atoms with van der Waals surface area (Å²) in [5.41, 5.74) is 11.5. The van der Waals surface area contributed by atoms with Crippen LogP contribution in [0.3, 0.4) is 0 Å². The van der Waals surface area contributed by atoms with Crippen LogP contribution in [0.2, 0.25) is 0 Å². The van der Waals surface area contributed by atoms with Crippen LogP contribution in [0.25, 0.3) is 0 Å². The standard InChI is InChI=1S/2C9H13.BF4.Fe/c2*1-6-5-7(2)9(4)8(6)3;2-1(3,4)5;/h2*5H,1-4H3;;/q3*-1;+3. The van der Waals surface area contributed by atoms with Gasteiger partial charge in [0, 0.05) is 0 Å². The Morgan fingerprint density at radius 1 is 0.667 bits per heavy atom. The van der Waals surface area contributed by atoms with Gasteiger partial charge in [-0.2, -0.15) is 56.6 Å². The van der Waals surface area contributed by atoms with Gasteiger partial charge in [-0.05, 0) is 0 Å². The fourth-order valence-corrected chi connectivity index (χ4v) is 2.27. The Labute approximate surface area is 154 Å². The van der Waals surface area contributed by atoms with Crippen molar-refractivity contribution in [1.29, 1.82) is 0 Å². The molecule has 0 aliphatic rings. The van der Waals surface area contributed by atoms with Gasteiger partial charge < -0.3 is 17.3 Å². The van der Waals surface area contributed by atoms with Gasteiger partial charge in [0.15, 0.2) is 0 Å². The number of rotatable bonds is 0. The Kier molecular flexibility index (Phi) is 10.6. The van der Waals surface area contributed by atoms with Crippen LogP contribution in [-0.2, 0) is 17.1 Å². The molecular formula is C18H26BF4Fe. The first-order valence-electron chi connectivity index (χ1n) is 7.53. The minimum Gasteiger partial charge on any atom is -0.418 e. The molecule has 0 nitrogen and oxygen atoms in total. The topological polar surface area (TPSA) is 0 Å². The second-order valence-corrected chi connectivity index (χ2v) is 6.02. The summed E-state index contributed by atoms with van der Waals surface area (Å²) in [6.07, 6.45) is 0. The molecular weight excluding hydrogens is 359 g/mol. The summed E-state index contributed by atoms with van der Waals surface area (Å²) in [6, 6.07) is 4.48. The maximum atomic E-state index is 9.75. The molecule has 0 heterocycles. The SMILES string of the molecule is Cc1c[c-](C)c(C)c1C.Cc1c[c-](C)c(C)c1C.F[B-](F)(F)F.[Fe+3]. The molecule has 24 heavy (non-hydrogen) atoms. The summed E-state index contributed by atoms with van der Waals surface area (Å²) >= 11 is 0. The molecule has 0 saturated carbocycles. The molecule has 2 rings (SSSR count). The van der Waals surface area contributed by atoms with Gasteiger partial charge in [-0.3, -0.25) is 0 Å². The van der Waals surface area contributed by atoms with Gasteiger partial charge in [0.1, 0.15) is 0 Å². The Bertz CT molecular complexity index is 535. The van der Waals surface area contributed by atoms with Crippen molar-refractivity contribution < 1.29 is 34.3 Å². The van der Waals surface area contributed by atoms with Crippen molar-refractivity contribution in [3.63, 3.8) is 0 Å². The summed E-state index contributed by atoms with van der Waals surface area (Å²) in [4.78, 5) is 0. The molecule has 0 N–H and O–H groups in total. The number of aryl methyl sites for hydroxylation is 4. The van der Waals surface area contributed by atoms with Gasteiger partial charge >= 0.3 is 24.3 Å². The van der Waals surface area contributed by atoms with Gasteiger partial charge in [-0.15, -0.1) is 0 Å². The Hall–Kier alpha value is -0.996. The number of hydrogen-bond donors (Lipinski definition) is 0. The average molecular weight is 385 g/mol. The van der Waals surface area contributed by atoms with E-state index in [1.807, 2.05) is 0 Å². The van der Waals surface area contributed by atoms with Crippen molar-refractivity contribution in [3.8, 4) is 0 Å². The van der Waals surface area contributed by atoms with Crippen molar-refractivity contribution >= 4 is 7.25 Å². The van der Waals surface area contributed by atoms with E-state index >= 15 is 0 Å². The monoisotopic (exact) mass is 385 g/mol. The van der Waals surface area contributed by atoms with Crippen LogP contribution >= 0.6 is 0 Å². The first kappa shape index (κ1) is 25.2. The van der Waals surface area contributed by atoms with E-state index in [9.17, 15) is 17.3 Å². The van der Waals surface area contributed by atoms with Crippen molar-refractivity contribution in [1.82, 2.24) is 0 Å². The van der Waals surface area contributed by atoms with E-state index in [2.05, 4.69) is 67.5 Å². The first-order chi connectivity index (χ1) is 10.3. The van der Waals surface area contributed by atoms with Crippen LogP contribution in [0, 0.1) is 55.4 Å². The van der Waals surface area contributed by atoms with Crippen molar-refractivity contribution in [2.75, 3.05) is 0 Å². The van der Waals surface area contributed by atoms with Crippen molar-refractivity contribution in [2.24, 2.45) is 0 Å². The molecule has 0 spiro atoms. The normalized spacial score (nSPS) is 10.2. The van der Waals surface area contributed by atoms with E-state index in [1.165, 1.54) is 44.5 Å². The van der Waals surface area contributed by atoms with Gasteiger partial charge in [0.25, 0.3) is 0 Å². The van der Waals surface area contributed by atoms with Gasteiger partial charge in [-0.1, -0.05) is 55.4 Å². The summed E-state index contributed by atoms with van der Waals surface area (Å²) < 4.78 is 39.0. The predicted octanol–water partition coefficient (Wildman–Crippen LogP) is 6.58. The molecule has 0 aromatic heterocycles. The molecule has 0 amide bonds. The molecule has 6 heteroatoms. The third-order valence-electron chi connectivity index (χ3n) is 4.36. The van der Waals surface area contributed by atoms with E-state index in [4.69, 9.17) is 0 Å². The maximum Gasteiger partial charge on any atom is 3.00 e. The van der Waals surface area contributed by atoms with Gasteiger partial charge in [-0.25, -0.2) is 0 Å². The summed E-state index contributed by atoms with van der Waals surface area (Å²) in [7, 11) is -6.00. The van der Waals surface area contributed by atoms with E-state index in [1.54, 1.807) is 0 Å². The second kappa shape index (κ2) is 10.1. The van der Waals surface area contributed by atoms with Crippen LogP contribution in [0.15, 0.2) is 12.1 Å². The van der Waals surface area contributed by atoms with Gasteiger partial charge in [0.2, 0.25) is 0 Å². The molecule has 0 saturated heterocycles. The average Bonchev–Trinajstić information content (AvgIpc) is 2.74. The molecule has 0 unspecified atom stereocenters. The first-order valence-corrected chi connectivity index (χ1v) is 7.53. The maximum absolute atomic E-state index is 9.75. The Morgan fingerprint density at radius 2 is 0.875 bits per heavy atom. The molecule has 0 aliphatic heterocycles. The van der Waals surface area contributed by atoms with Crippen LogP contribution in [0.1, 0.15) is 44.5 Å². The zero-order valence-electron chi connectivity index (χ0n) is 15.6. The molecule has 0 atom stereocenters. The minimum atomic E-state index is -6.00. The fourth-order valence-electron chi connectivity index (χ4n) is 2.27. The van der Waals surface area contributed by atoms with E-state index < -0.39 is 7.25 Å². The van der Waals surface area contributed by atoms with E-state index in [0.717, 1.165) is 0 Å².